The van der Waals surface area contributed by atoms with E-state index < -0.39 is 5.78 Å². The quantitative estimate of drug-likeness (QED) is 0.600. The lowest BCUT2D eigenvalue weighted by molar-refractivity contribution is 0.0980. The predicted octanol–water partition coefficient (Wildman–Crippen LogP) is 4.55. The van der Waals surface area contributed by atoms with Crippen LogP contribution in [0.15, 0.2) is 66.7 Å². The number of halogens is 1. The molecule has 0 bridgehead atoms. The second kappa shape index (κ2) is 8.63. The normalized spacial score (nSPS) is 10.5. The molecule has 0 aliphatic carbocycles. The highest BCUT2D eigenvalue weighted by atomic mass is 35.5. The van der Waals surface area contributed by atoms with Crippen LogP contribution < -0.4 is 0 Å². The van der Waals surface area contributed by atoms with E-state index in [1.165, 1.54) is 24.3 Å². The van der Waals surface area contributed by atoms with Gasteiger partial charge in [0.05, 0.1) is 5.02 Å². The van der Waals surface area contributed by atoms with E-state index in [0.29, 0.717) is 12.0 Å². The van der Waals surface area contributed by atoms with Crippen LogP contribution in [0, 0.1) is 0 Å². The molecular weight excluding hydrogens is 376 g/mol. The van der Waals surface area contributed by atoms with Crippen LogP contribution in [-0.2, 0) is 11.2 Å². The van der Waals surface area contributed by atoms with Crippen molar-refractivity contribution in [2.24, 2.45) is 0 Å². The van der Waals surface area contributed by atoms with Crippen molar-refractivity contribution in [2.75, 3.05) is 0 Å². The average molecular weight is 392 g/mol. The number of Topliss-reactive ketones (excluding diaryl/α,β-unsaturated/α-hetero) is 1. The molecule has 0 heterocycles. The standard InChI is InChI=1S/C23H16ClO4/c24-21-13-16(22(27)11-8-15-4-3-6-18(26)12-15)9-10-20(21)23(28)19-7-2-1-5-17(19)14-25/h1-7,9-10,12-13,26H,8,11H2. The summed E-state index contributed by atoms with van der Waals surface area (Å²) in [5.74, 6) is -0.364. The third kappa shape index (κ3) is 4.35. The topological polar surface area (TPSA) is 71.4 Å². The maximum absolute atomic E-state index is 12.7. The monoisotopic (exact) mass is 391 g/mol. The minimum atomic E-state index is -0.400. The van der Waals surface area contributed by atoms with Gasteiger partial charge < -0.3 is 5.11 Å². The Kier molecular flexibility index (Phi) is 6.02. The summed E-state index contributed by atoms with van der Waals surface area (Å²) in [6, 6.07) is 17.6. The van der Waals surface area contributed by atoms with Crippen LogP contribution >= 0.6 is 11.6 Å². The van der Waals surface area contributed by atoms with Gasteiger partial charge in [0.15, 0.2) is 11.6 Å². The molecular formula is C23H16ClO4. The average Bonchev–Trinajstić information content (AvgIpc) is 2.71. The predicted molar refractivity (Wildman–Crippen MR) is 107 cm³/mol. The van der Waals surface area contributed by atoms with Gasteiger partial charge in [0.25, 0.3) is 0 Å². The minimum Gasteiger partial charge on any atom is -0.508 e. The molecule has 0 unspecified atom stereocenters. The molecule has 1 radical (unpaired) electrons. The van der Waals surface area contributed by atoms with E-state index in [9.17, 15) is 19.5 Å². The summed E-state index contributed by atoms with van der Waals surface area (Å²) in [6.07, 6.45) is 2.47. The van der Waals surface area contributed by atoms with Gasteiger partial charge in [-0.05, 0) is 36.2 Å². The molecule has 139 valence electrons. The number of ketones is 2. The summed E-state index contributed by atoms with van der Waals surface area (Å²) in [5, 5.41) is 9.63. The van der Waals surface area contributed by atoms with Crippen molar-refractivity contribution in [3.05, 3.63) is 99.6 Å². The Morgan fingerprint density at radius 1 is 0.929 bits per heavy atom. The molecule has 0 amide bonds. The van der Waals surface area contributed by atoms with Crippen LogP contribution in [0.5, 0.6) is 5.75 Å². The molecule has 0 atom stereocenters. The van der Waals surface area contributed by atoms with E-state index in [1.807, 2.05) is 6.07 Å². The maximum Gasteiger partial charge on any atom is 0.234 e. The molecule has 5 heteroatoms. The van der Waals surface area contributed by atoms with Crippen LogP contribution in [0.25, 0.3) is 0 Å². The van der Waals surface area contributed by atoms with Crippen molar-refractivity contribution in [3.8, 4) is 5.75 Å². The fourth-order valence-corrected chi connectivity index (χ4v) is 3.17. The fourth-order valence-electron chi connectivity index (χ4n) is 2.90. The summed E-state index contributed by atoms with van der Waals surface area (Å²) in [5.41, 5.74) is 1.84. The number of phenols is 1. The minimum absolute atomic E-state index is 0.120. The Morgan fingerprint density at radius 3 is 2.43 bits per heavy atom. The van der Waals surface area contributed by atoms with Gasteiger partial charge >= 0.3 is 0 Å². The molecule has 0 saturated carbocycles. The lowest BCUT2D eigenvalue weighted by Gasteiger charge is -2.08. The Labute approximate surface area is 167 Å². The van der Waals surface area contributed by atoms with Gasteiger partial charge in [-0.25, -0.2) is 0 Å². The smallest absolute Gasteiger partial charge is 0.234 e. The summed E-state index contributed by atoms with van der Waals surface area (Å²) in [4.78, 5) is 36.2. The van der Waals surface area contributed by atoms with Gasteiger partial charge in [0, 0.05) is 28.7 Å². The number of carbonyl (C=O) groups is 2. The van der Waals surface area contributed by atoms with E-state index in [4.69, 9.17) is 11.6 Å². The lowest BCUT2D eigenvalue weighted by Crippen LogP contribution is -2.07. The Balaban J connectivity index is 1.77. The molecule has 0 fully saturated rings. The van der Waals surface area contributed by atoms with E-state index in [0.717, 1.165) is 5.56 Å². The van der Waals surface area contributed by atoms with Crippen LogP contribution in [0.4, 0.5) is 0 Å². The number of benzene rings is 3. The molecule has 1 N–H and O–H groups in total. The Morgan fingerprint density at radius 2 is 1.71 bits per heavy atom. The molecule has 4 nitrogen and oxygen atoms in total. The molecule has 0 aliphatic heterocycles. The number of carbonyl (C=O) groups excluding carboxylic acids is 3. The van der Waals surface area contributed by atoms with Crippen molar-refractivity contribution in [1.29, 1.82) is 0 Å². The van der Waals surface area contributed by atoms with Gasteiger partial charge in [0.1, 0.15) is 5.75 Å². The first kappa shape index (κ1) is 19.5. The zero-order valence-electron chi connectivity index (χ0n) is 14.8. The van der Waals surface area contributed by atoms with Crippen molar-refractivity contribution < 1.29 is 19.5 Å². The molecule has 0 spiro atoms. The fraction of sp³-hybridized carbons (Fsp3) is 0.0870. The molecule has 3 aromatic carbocycles. The number of hydrogen-bond acceptors (Lipinski definition) is 4. The molecule has 0 saturated heterocycles. The Bertz CT molecular complexity index is 1060. The van der Waals surface area contributed by atoms with Crippen molar-refractivity contribution in [1.82, 2.24) is 0 Å². The number of rotatable bonds is 7. The summed E-state index contributed by atoms with van der Waals surface area (Å²) < 4.78 is 0. The zero-order chi connectivity index (χ0) is 20.1. The van der Waals surface area contributed by atoms with Crippen LogP contribution in [-0.4, -0.2) is 23.0 Å². The lowest BCUT2D eigenvalue weighted by atomic mass is 9.96. The van der Waals surface area contributed by atoms with E-state index in [2.05, 4.69) is 0 Å². The SMILES string of the molecule is O=[C]c1ccccc1C(=O)c1ccc(C(=O)CCc2cccc(O)c2)cc1Cl. The first-order chi connectivity index (χ1) is 13.5. The van der Waals surface area contributed by atoms with Gasteiger partial charge in [-0.15, -0.1) is 0 Å². The van der Waals surface area contributed by atoms with Crippen LogP contribution in [0.2, 0.25) is 5.02 Å². The summed E-state index contributed by atoms with van der Waals surface area (Å²) in [7, 11) is 0. The Hall–Kier alpha value is -3.24. The molecule has 3 rings (SSSR count). The zero-order valence-corrected chi connectivity index (χ0v) is 15.6. The molecule has 0 aliphatic rings. The van der Waals surface area contributed by atoms with Crippen molar-refractivity contribution in [2.45, 2.75) is 12.8 Å². The highest BCUT2D eigenvalue weighted by Gasteiger charge is 2.18. The first-order valence-corrected chi connectivity index (χ1v) is 9.00. The number of hydrogen-bond donors (Lipinski definition) is 1. The third-order valence-electron chi connectivity index (χ3n) is 4.37. The van der Waals surface area contributed by atoms with Crippen LogP contribution in [0.1, 0.15) is 43.8 Å². The highest BCUT2D eigenvalue weighted by Crippen LogP contribution is 2.23. The van der Waals surface area contributed by atoms with Gasteiger partial charge in [-0.3, -0.25) is 14.4 Å². The highest BCUT2D eigenvalue weighted by molar-refractivity contribution is 6.35. The van der Waals surface area contributed by atoms with Crippen molar-refractivity contribution >= 4 is 29.5 Å². The number of aryl methyl sites for hydroxylation is 1. The van der Waals surface area contributed by atoms with E-state index >= 15 is 0 Å². The molecule has 28 heavy (non-hydrogen) atoms. The summed E-state index contributed by atoms with van der Waals surface area (Å²) >= 11 is 6.25. The van der Waals surface area contributed by atoms with Gasteiger partial charge in [0.2, 0.25) is 6.29 Å². The second-order valence-corrected chi connectivity index (χ2v) is 6.67. The maximum atomic E-state index is 12.7. The molecule has 3 aromatic rings. The van der Waals surface area contributed by atoms with E-state index in [1.54, 1.807) is 42.7 Å². The third-order valence-corrected chi connectivity index (χ3v) is 4.68. The molecule has 0 aromatic heterocycles. The summed E-state index contributed by atoms with van der Waals surface area (Å²) in [6.45, 7) is 0. The first-order valence-electron chi connectivity index (χ1n) is 8.62. The van der Waals surface area contributed by atoms with Gasteiger partial charge in [-0.1, -0.05) is 54.1 Å². The van der Waals surface area contributed by atoms with Crippen molar-refractivity contribution in [3.63, 3.8) is 0 Å². The largest absolute Gasteiger partial charge is 0.508 e. The number of aromatic hydroxyl groups is 1. The van der Waals surface area contributed by atoms with Crippen LogP contribution in [0.3, 0.4) is 0 Å². The number of phenolic OH excluding ortho intramolecular Hbond substituents is 1. The second-order valence-electron chi connectivity index (χ2n) is 6.26. The van der Waals surface area contributed by atoms with Gasteiger partial charge in [-0.2, -0.15) is 0 Å². The van der Waals surface area contributed by atoms with E-state index in [-0.39, 0.29) is 39.7 Å².